The van der Waals surface area contributed by atoms with Crippen LogP contribution in [0.1, 0.15) is 22.8 Å². The Labute approximate surface area is 129 Å². The molecule has 7 heteroatoms. The van der Waals surface area contributed by atoms with Gasteiger partial charge in [0.05, 0.1) is 13.7 Å². The number of nitrogens with zero attached hydrogens (tertiary/aromatic N) is 3. The topological polar surface area (TPSA) is 84.6 Å². The lowest BCUT2D eigenvalue weighted by Gasteiger charge is -2.13. The molecule has 22 heavy (non-hydrogen) atoms. The maximum absolute atomic E-state index is 5.39. The molecule has 0 fully saturated rings. The molecule has 0 spiro atoms. The first-order chi connectivity index (χ1) is 10.6. The van der Waals surface area contributed by atoms with Crippen molar-refractivity contribution >= 4 is 5.96 Å². The molecule has 1 heterocycles. The molecular formula is C15H21N5O2. The van der Waals surface area contributed by atoms with Crippen LogP contribution in [0.3, 0.4) is 0 Å². The standard InChI is InChI=1S/C15H21N5O2/c1-10-5-6-12(13(7-10)21-4)8-17-15(16-3)18-9-14-19-11(2)20-22-14/h5-7H,8-9H2,1-4H3,(H2,16,17,18). The van der Waals surface area contributed by atoms with E-state index in [-0.39, 0.29) is 0 Å². The lowest BCUT2D eigenvalue weighted by molar-refractivity contribution is 0.371. The van der Waals surface area contributed by atoms with Gasteiger partial charge >= 0.3 is 0 Å². The highest BCUT2D eigenvalue weighted by Crippen LogP contribution is 2.19. The Balaban J connectivity index is 1.91. The lowest BCUT2D eigenvalue weighted by Crippen LogP contribution is -2.36. The zero-order chi connectivity index (χ0) is 15.9. The molecule has 0 aliphatic heterocycles. The SMILES string of the molecule is CN=C(NCc1nc(C)no1)NCc1ccc(C)cc1OC. The van der Waals surface area contributed by atoms with E-state index in [1.54, 1.807) is 21.1 Å². The van der Waals surface area contributed by atoms with Gasteiger partial charge in [0, 0.05) is 19.2 Å². The van der Waals surface area contributed by atoms with Crippen LogP contribution in [0.4, 0.5) is 0 Å². The van der Waals surface area contributed by atoms with E-state index in [4.69, 9.17) is 9.26 Å². The summed E-state index contributed by atoms with van der Waals surface area (Å²) in [6, 6.07) is 6.10. The number of hydrogen-bond acceptors (Lipinski definition) is 5. The zero-order valence-electron chi connectivity index (χ0n) is 13.3. The van der Waals surface area contributed by atoms with Gasteiger partial charge in [-0.3, -0.25) is 4.99 Å². The Kier molecular flexibility index (Phi) is 5.35. The van der Waals surface area contributed by atoms with Crippen molar-refractivity contribution in [3.8, 4) is 5.75 Å². The molecule has 0 aliphatic carbocycles. The van der Waals surface area contributed by atoms with E-state index >= 15 is 0 Å². The second kappa shape index (κ2) is 7.44. The van der Waals surface area contributed by atoms with Crippen LogP contribution in [0.2, 0.25) is 0 Å². The number of rotatable bonds is 5. The smallest absolute Gasteiger partial charge is 0.246 e. The van der Waals surface area contributed by atoms with Crippen molar-refractivity contribution in [2.24, 2.45) is 4.99 Å². The Morgan fingerprint density at radius 3 is 2.68 bits per heavy atom. The van der Waals surface area contributed by atoms with Crippen molar-refractivity contribution in [3.63, 3.8) is 0 Å². The molecule has 0 atom stereocenters. The molecule has 1 aromatic carbocycles. The van der Waals surface area contributed by atoms with Crippen LogP contribution in [-0.4, -0.2) is 30.3 Å². The third kappa shape index (κ3) is 4.21. The number of methoxy groups -OCH3 is 1. The van der Waals surface area contributed by atoms with Gasteiger partial charge in [-0.2, -0.15) is 4.98 Å². The number of aliphatic imine (C=N–C) groups is 1. The van der Waals surface area contributed by atoms with E-state index < -0.39 is 0 Å². The average molecular weight is 303 g/mol. The Morgan fingerprint density at radius 2 is 2.05 bits per heavy atom. The highest BCUT2D eigenvalue weighted by atomic mass is 16.5. The summed E-state index contributed by atoms with van der Waals surface area (Å²) in [5.74, 6) is 2.64. The maximum Gasteiger partial charge on any atom is 0.246 e. The van der Waals surface area contributed by atoms with Gasteiger partial charge in [-0.15, -0.1) is 0 Å². The van der Waals surface area contributed by atoms with E-state index in [1.165, 1.54) is 0 Å². The molecule has 7 nitrogen and oxygen atoms in total. The fourth-order valence-corrected chi connectivity index (χ4v) is 1.97. The summed E-state index contributed by atoms with van der Waals surface area (Å²) in [4.78, 5) is 8.29. The van der Waals surface area contributed by atoms with Gasteiger partial charge < -0.3 is 19.9 Å². The summed E-state index contributed by atoms with van der Waals surface area (Å²) in [6.07, 6.45) is 0. The Hall–Kier alpha value is -2.57. The number of aromatic nitrogens is 2. The lowest BCUT2D eigenvalue weighted by atomic mass is 10.1. The van der Waals surface area contributed by atoms with E-state index in [0.29, 0.717) is 30.8 Å². The molecule has 2 aromatic rings. The normalized spacial score (nSPS) is 11.4. The van der Waals surface area contributed by atoms with E-state index in [1.807, 2.05) is 19.1 Å². The van der Waals surface area contributed by atoms with Crippen molar-refractivity contribution in [1.29, 1.82) is 0 Å². The molecule has 0 amide bonds. The second-order valence-corrected chi connectivity index (χ2v) is 4.83. The average Bonchev–Trinajstić information content (AvgIpc) is 2.94. The van der Waals surface area contributed by atoms with Crippen molar-refractivity contribution in [3.05, 3.63) is 41.0 Å². The van der Waals surface area contributed by atoms with Crippen LogP contribution >= 0.6 is 0 Å². The summed E-state index contributed by atoms with van der Waals surface area (Å²) >= 11 is 0. The van der Waals surface area contributed by atoms with Gasteiger partial charge in [0.2, 0.25) is 5.89 Å². The Bertz CT molecular complexity index is 651. The Morgan fingerprint density at radius 1 is 1.27 bits per heavy atom. The van der Waals surface area contributed by atoms with Crippen LogP contribution < -0.4 is 15.4 Å². The van der Waals surface area contributed by atoms with Crippen LogP contribution in [0.5, 0.6) is 5.75 Å². The van der Waals surface area contributed by atoms with Gasteiger partial charge in [0.1, 0.15) is 5.75 Å². The number of nitrogens with one attached hydrogen (secondary N) is 2. The van der Waals surface area contributed by atoms with Crippen LogP contribution in [0.25, 0.3) is 0 Å². The van der Waals surface area contributed by atoms with Gasteiger partial charge in [-0.05, 0) is 25.5 Å². The van der Waals surface area contributed by atoms with Crippen molar-refractivity contribution in [2.45, 2.75) is 26.9 Å². The van der Waals surface area contributed by atoms with Crippen molar-refractivity contribution < 1.29 is 9.26 Å². The molecule has 118 valence electrons. The van der Waals surface area contributed by atoms with Crippen LogP contribution in [0, 0.1) is 13.8 Å². The summed E-state index contributed by atoms with van der Waals surface area (Å²) in [5, 5.41) is 10.1. The van der Waals surface area contributed by atoms with E-state index in [9.17, 15) is 0 Å². The van der Waals surface area contributed by atoms with Crippen molar-refractivity contribution in [2.75, 3.05) is 14.2 Å². The number of hydrogen-bond donors (Lipinski definition) is 2. The highest BCUT2D eigenvalue weighted by molar-refractivity contribution is 5.79. The third-order valence-corrected chi connectivity index (χ3v) is 3.09. The van der Waals surface area contributed by atoms with Crippen LogP contribution in [0.15, 0.2) is 27.7 Å². The predicted octanol–water partition coefficient (Wildman–Crippen LogP) is 1.56. The number of ether oxygens (including phenoxy) is 1. The number of guanidine groups is 1. The quantitative estimate of drug-likeness (QED) is 0.644. The molecule has 2 rings (SSSR count). The summed E-state index contributed by atoms with van der Waals surface area (Å²) < 4.78 is 10.4. The molecular weight excluding hydrogens is 282 g/mol. The number of benzene rings is 1. The summed E-state index contributed by atoms with van der Waals surface area (Å²) in [5.41, 5.74) is 2.22. The zero-order valence-corrected chi connectivity index (χ0v) is 13.3. The largest absolute Gasteiger partial charge is 0.496 e. The monoisotopic (exact) mass is 303 g/mol. The first kappa shape index (κ1) is 15.8. The minimum atomic E-state index is 0.422. The van der Waals surface area contributed by atoms with Crippen molar-refractivity contribution in [1.82, 2.24) is 20.8 Å². The van der Waals surface area contributed by atoms with Gasteiger partial charge in [0.15, 0.2) is 11.8 Å². The summed E-state index contributed by atoms with van der Waals surface area (Å²) in [7, 11) is 3.38. The van der Waals surface area contributed by atoms with E-state index in [2.05, 4.69) is 31.8 Å². The van der Waals surface area contributed by atoms with E-state index in [0.717, 1.165) is 16.9 Å². The molecule has 0 unspecified atom stereocenters. The van der Waals surface area contributed by atoms with Gasteiger partial charge in [-0.25, -0.2) is 0 Å². The molecule has 0 aliphatic rings. The maximum atomic E-state index is 5.39. The molecule has 1 aromatic heterocycles. The predicted molar refractivity (Wildman–Crippen MR) is 83.8 cm³/mol. The molecule has 0 bridgehead atoms. The first-order valence-electron chi connectivity index (χ1n) is 6.99. The van der Waals surface area contributed by atoms with Gasteiger partial charge in [0.25, 0.3) is 0 Å². The fourth-order valence-electron chi connectivity index (χ4n) is 1.97. The molecule has 0 saturated carbocycles. The van der Waals surface area contributed by atoms with Crippen LogP contribution in [-0.2, 0) is 13.1 Å². The first-order valence-corrected chi connectivity index (χ1v) is 6.99. The second-order valence-electron chi connectivity index (χ2n) is 4.83. The minimum absolute atomic E-state index is 0.422. The molecule has 0 saturated heterocycles. The third-order valence-electron chi connectivity index (χ3n) is 3.09. The summed E-state index contributed by atoms with van der Waals surface area (Å²) in [6.45, 7) is 4.84. The molecule has 2 N–H and O–H groups in total. The minimum Gasteiger partial charge on any atom is -0.496 e. The fraction of sp³-hybridized carbons (Fsp3) is 0.400. The highest BCUT2D eigenvalue weighted by Gasteiger charge is 2.06. The van der Waals surface area contributed by atoms with Gasteiger partial charge in [-0.1, -0.05) is 17.3 Å². The molecule has 0 radical (unpaired) electrons. The number of aryl methyl sites for hydroxylation is 2.